The summed E-state index contributed by atoms with van der Waals surface area (Å²) in [6.07, 6.45) is 6.79. The first-order valence-corrected chi connectivity index (χ1v) is 11.2. The van der Waals surface area contributed by atoms with E-state index in [2.05, 4.69) is 20.4 Å². The minimum atomic E-state index is -2.66. The number of fused-ring (bicyclic) bond motifs is 1. The summed E-state index contributed by atoms with van der Waals surface area (Å²) in [5.74, 6) is 1.04. The van der Waals surface area contributed by atoms with Crippen LogP contribution in [0.1, 0.15) is 38.1 Å². The van der Waals surface area contributed by atoms with Gasteiger partial charge in [0, 0.05) is 30.3 Å². The number of halogens is 2. The maximum absolute atomic E-state index is 12.6. The van der Waals surface area contributed by atoms with Crippen molar-refractivity contribution in [2.24, 2.45) is 0 Å². The van der Waals surface area contributed by atoms with Crippen LogP contribution in [0.4, 0.5) is 19.5 Å². The van der Waals surface area contributed by atoms with Crippen LogP contribution in [0.3, 0.4) is 0 Å². The molecule has 0 spiro atoms. The first kappa shape index (κ1) is 23.7. The van der Waals surface area contributed by atoms with Gasteiger partial charge < -0.3 is 14.8 Å². The number of anilines is 1. The second-order valence-corrected chi connectivity index (χ2v) is 8.23. The van der Waals surface area contributed by atoms with Crippen LogP contribution in [-0.4, -0.2) is 60.0 Å². The van der Waals surface area contributed by atoms with Gasteiger partial charge in [-0.1, -0.05) is 19.3 Å². The number of hydrogen-bond donors (Lipinski definition) is 1. The monoisotopic (exact) mass is 474 g/mol. The van der Waals surface area contributed by atoms with Gasteiger partial charge >= 0.3 is 6.03 Å². The molecule has 1 N–H and O–H groups in total. The van der Waals surface area contributed by atoms with E-state index in [0.717, 1.165) is 23.3 Å². The van der Waals surface area contributed by atoms with Crippen molar-refractivity contribution < 1.29 is 23.0 Å². The normalized spacial score (nSPS) is 14.4. The predicted molar refractivity (Wildman–Crippen MR) is 124 cm³/mol. The lowest BCUT2D eigenvalue weighted by atomic mass is 9.96. The average molecular weight is 475 g/mol. The van der Waals surface area contributed by atoms with Crippen LogP contribution < -0.4 is 19.7 Å². The van der Waals surface area contributed by atoms with Crippen molar-refractivity contribution in [2.75, 3.05) is 32.7 Å². The summed E-state index contributed by atoms with van der Waals surface area (Å²) >= 11 is 0. The molecule has 0 aliphatic heterocycles. The van der Waals surface area contributed by atoms with E-state index < -0.39 is 19.0 Å². The number of rotatable bonds is 7. The molecule has 2 heterocycles. The summed E-state index contributed by atoms with van der Waals surface area (Å²) in [7, 11) is 4.49. The average Bonchev–Trinajstić information content (AvgIpc) is 3.36. The third-order valence-electron chi connectivity index (χ3n) is 6.03. The van der Waals surface area contributed by atoms with Crippen molar-refractivity contribution in [3.05, 3.63) is 24.5 Å². The maximum Gasteiger partial charge on any atom is 0.324 e. The molecule has 1 aliphatic rings. The van der Waals surface area contributed by atoms with Crippen LogP contribution in [0, 0.1) is 0 Å². The van der Waals surface area contributed by atoms with Crippen molar-refractivity contribution in [3.8, 4) is 22.8 Å². The van der Waals surface area contributed by atoms with Gasteiger partial charge in [-0.2, -0.15) is 5.10 Å². The Hall–Kier alpha value is -3.50. The van der Waals surface area contributed by atoms with E-state index in [-0.39, 0.29) is 5.95 Å². The Labute approximate surface area is 196 Å². The predicted octanol–water partition coefficient (Wildman–Crippen LogP) is 4.43. The number of aromatic nitrogens is 4. The second kappa shape index (κ2) is 10.2. The fraction of sp³-hybridized carbons (Fsp3) is 0.478. The van der Waals surface area contributed by atoms with E-state index in [9.17, 15) is 13.6 Å². The van der Waals surface area contributed by atoms with E-state index in [4.69, 9.17) is 9.47 Å². The SMILES string of the molecule is COc1cc2nc(N(C)C(=O)NCC(F)F)nc(-c3cnn(C4CCCCC4)c3)c2cc1OC. The Morgan fingerprint density at radius 3 is 2.56 bits per heavy atom. The summed E-state index contributed by atoms with van der Waals surface area (Å²) in [5.41, 5.74) is 1.82. The molecule has 4 rings (SSSR count). The summed E-state index contributed by atoms with van der Waals surface area (Å²) in [4.78, 5) is 22.6. The molecule has 3 aromatic rings. The van der Waals surface area contributed by atoms with Gasteiger partial charge in [-0.05, 0) is 18.9 Å². The first-order valence-electron chi connectivity index (χ1n) is 11.2. The molecular weight excluding hydrogens is 446 g/mol. The zero-order valence-corrected chi connectivity index (χ0v) is 19.4. The Morgan fingerprint density at radius 2 is 1.88 bits per heavy atom. The summed E-state index contributed by atoms with van der Waals surface area (Å²) < 4.78 is 38.0. The van der Waals surface area contributed by atoms with Gasteiger partial charge in [0.25, 0.3) is 6.43 Å². The van der Waals surface area contributed by atoms with Crippen molar-refractivity contribution >= 4 is 22.9 Å². The highest BCUT2D eigenvalue weighted by Gasteiger charge is 2.22. The van der Waals surface area contributed by atoms with Gasteiger partial charge in [0.1, 0.15) is 0 Å². The molecule has 0 saturated heterocycles. The molecule has 0 atom stereocenters. The van der Waals surface area contributed by atoms with Gasteiger partial charge in [-0.3, -0.25) is 9.58 Å². The van der Waals surface area contributed by atoms with Crippen LogP contribution >= 0.6 is 0 Å². The van der Waals surface area contributed by atoms with E-state index >= 15 is 0 Å². The number of nitrogens with zero attached hydrogens (tertiary/aromatic N) is 5. The van der Waals surface area contributed by atoms with Gasteiger partial charge in [0.05, 0.1) is 44.2 Å². The molecule has 34 heavy (non-hydrogen) atoms. The highest BCUT2D eigenvalue weighted by molar-refractivity contribution is 5.97. The smallest absolute Gasteiger partial charge is 0.324 e. The van der Waals surface area contributed by atoms with Crippen LogP contribution in [0.2, 0.25) is 0 Å². The molecule has 182 valence electrons. The Morgan fingerprint density at radius 1 is 1.18 bits per heavy atom. The Kier molecular flexibility index (Phi) is 7.09. The number of amides is 2. The van der Waals surface area contributed by atoms with Crippen LogP contribution in [0.5, 0.6) is 11.5 Å². The molecule has 11 heteroatoms. The third kappa shape index (κ3) is 4.87. The third-order valence-corrected chi connectivity index (χ3v) is 6.03. The lowest BCUT2D eigenvalue weighted by Gasteiger charge is -2.21. The standard InChI is InChI=1S/C23H28F2N6O3/c1-30(23(32)26-12-20(24)25)22-28-17-10-19(34-3)18(33-2)9-16(17)21(29-22)14-11-27-31(13-14)15-7-5-4-6-8-15/h9-11,13,15,20H,4-8,12H2,1-3H3,(H,26,32). The summed E-state index contributed by atoms with van der Waals surface area (Å²) in [5, 5.41) is 7.44. The number of urea groups is 1. The van der Waals surface area contributed by atoms with E-state index in [1.54, 1.807) is 25.4 Å². The van der Waals surface area contributed by atoms with E-state index in [1.807, 2.05) is 10.9 Å². The number of benzene rings is 1. The molecule has 0 unspecified atom stereocenters. The van der Waals surface area contributed by atoms with E-state index in [0.29, 0.717) is 34.1 Å². The van der Waals surface area contributed by atoms with Gasteiger partial charge in [-0.15, -0.1) is 0 Å². The van der Waals surface area contributed by atoms with Crippen molar-refractivity contribution in [3.63, 3.8) is 0 Å². The number of ether oxygens (including phenoxy) is 2. The highest BCUT2D eigenvalue weighted by atomic mass is 19.3. The molecule has 2 aromatic heterocycles. The van der Waals surface area contributed by atoms with Gasteiger partial charge in [0.15, 0.2) is 11.5 Å². The van der Waals surface area contributed by atoms with Crippen LogP contribution in [-0.2, 0) is 0 Å². The quantitative estimate of drug-likeness (QED) is 0.545. The molecule has 1 saturated carbocycles. The Balaban J connectivity index is 1.79. The molecule has 0 radical (unpaired) electrons. The zero-order valence-electron chi connectivity index (χ0n) is 19.4. The lowest BCUT2D eigenvalue weighted by Crippen LogP contribution is -2.40. The summed E-state index contributed by atoms with van der Waals surface area (Å²) in [6, 6.07) is 3.08. The molecule has 9 nitrogen and oxygen atoms in total. The molecule has 1 fully saturated rings. The molecule has 1 aliphatic carbocycles. The minimum absolute atomic E-state index is 0.0619. The number of carbonyl (C=O) groups excluding carboxylic acids is 1. The zero-order chi connectivity index (χ0) is 24.2. The second-order valence-electron chi connectivity index (χ2n) is 8.23. The fourth-order valence-electron chi connectivity index (χ4n) is 4.19. The van der Waals surface area contributed by atoms with Gasteiger partial charge in [0.2, 0.25) is 5.95 Å². The number of carbonyl (C=O) groups is 1. The van der Waals surface area contributed by atoms with Gasteiger partial charge in [-0.25, -0.2) is 23.5 Å². The topological polar surface area (TPSA) is 94.4 Å². The molecule has 1 aromatic carbocycles. The summed E-state index contributed by atoms with van der Waals surface area (Å²) in [6.45, 7) is -0.761. The van der Waals surface area contributed by atoms with Crippen molar-refractivity contribution in [1.82, 2.24) is 25.1 Å². The maximum atomic E-state index is 12.6. The molecule has 2 amide bonds. The number of methoxy groups -OCH3 is 2. The number of nitrogens with one attached hydrogen (secondary N) is 1. The molecular formula is C23H28F2N6O3. The first-order chi connectivity index (χ1) is 16.4. The largest absolute Gasteiger partial charge is 0.493 e. The van der Waals surface area contributed by atoms with Crippen molar-refractivity contribution in [2.45, 2.75) is 44.6 Å². The number of alkyl halides is 2. The van der Waals surface area contributed by atoms with Crippen LogP contribution in [0.15, 0.2) is 24.5 Å². The lowest BCUT2D eigenvalue weighted by molar-refractivity contribution is 0.147. The number of hydrogen-bond acceptors (Lipinski definition) is 6. The van der Waals surface area contributed by atoms with E-state index in [1.165, 1.54) is 33.4 Å². The van der Waals surface area contributed by atoms with Crippen LogP contribution in [0.25, 0.3) is 22.2 Å². The fourth-order valence-corrected chi connectivity index (χ4v) is 4.19. The Bertz CT molecular complexity index is 1160. The molecule has 0 bridgehead atoms. The highest BCUT2D eigenvalue weighted by Crippen LogP contribution is 2.37. The van der Waals surface area contributed by atoms with Crippen molar-refractivity contribution in [1.29, 1.82) is 0 Å². The minimum Gasteiger partial charge on any atom is -0.493 e.